The van der Waals surface area contributed by atoms with E-state index >= 15 is 0 Å². The second-order valence-electron chi connectivity index (χ2n) is 4.13. The molecule has 20 heavy (non-hydrogen) atoms. The summed E-state index contributed by atoms with van der Waals surface area (Å²) in [6.07, 6.45) is -1.12. The fraction of sp³-hybridized carbons (Fsp3) is 0.200. The SMILES string of the molecule is COc1ccc(C(O)c2ccccc2F)c(OC)c1Br. The Morgan fingerprint density at radius 2 is 1.75 bits per heavy atom. The van der Waals surface area contributed by atoms with E-state index in [4.69, 9.17) is 9.47 Å². The molecule has 0 spiro atoms. The Kier molecular flexibility index (Phi) is 4.62. The molecule has 2 aromatic rings. The van der Waals surface area contributed by atoms with Gasteiger partial charge in [0, 0.05) is 11.1 Å². The van der Waals surface area contributed by atoms with Gasteiger partial charge in [-0.15, -0.1) is 0 Å². The first-order valence-electron chi connectivity index (χ1n) is 5.93. The number of benzene rings is 2. The van der Waals surface area contributed by atoms with Crippen LogP contribution in [-0.2, 0) is 0 Å². The van der Waals surface area contributed by atoms with E-state index in [0.717, 1.165) is 0 Å². The van der Waals surface area contributed by atoms with E-state index in [1.807, 2.05) is 0 Å². The Hall–Kier alpha value is -1.59. The molecule has 0 fully saturated rings. The summed E-state index contributed by atoms with van der Waals surface area (Å²) < 4.78 is 24.8. The average Bonchev–Trinajstić information content (AvgIpc) is 2.46. The number of aliphatic hydroxyl groups excluding tert-OH is 1. The number of hydrogen-bond acceptors (Lipinski definition) is 3. The Balaban J connectivity index is 2.53. The van der Waals surface area contributed by atoms with Gasteiger partial charge in [-0.3, -0.25) is 0 Å². The van der Waals surface area contributed by atoms with Crippen molar-refractivity contribution < 1.29 is 19.0 Å². The molecule has 0 saturated carbocycles. The Labute approximate surface area is 125 Å². The molecule has 0 amide bonds. The molecule has 0 aliphatic heterocycles. The second-order valence-corrected chi connectivity index (χ2v) is 4.92. The van der Waals surface area contributed by atoms with Gasteiger partial charge in [0.2, 0.25) is 0 Å². The van der Waals surface area contributed by atoms with E-state index in [-0.39, 0.29) is 5.56 Å². The van der Waals surface area contributed by atoms with Gasteiger partial charge >= 0.3 is 0 Å². The first kappa shape index (κ1) is 14.8. The van der Waals surface area contributed by atoms with Crippen LogP contribution in [-0.4, -0.2) is 19.3 Å². The van der Waals surface area contributed by atoms with Crippen LogP contribution in [0.2, 0.25) is 0 Å². The van der Waals surface area contributed by atoms with Crippen molar-refractivity contribution in [2.75, 3.05) is 14.2 Å². The Morgan fingerprint density at radius 3 is 2.35 bits per heavy atom. The highest BCUT2D eigenvalue weighted by atomic mass is 79.9. The third-order valence-electron chi connectivity index (χ3n) is 3.01. The number of halogens is 2. The lowest BCUT2D eigenvalue weighted by Crippen LogP contribution is -2.05. The molecule has 0 aliphatic rings. The normalized spacial score (nSPS) is 12.1. The van der Waals surface area contributed by atoms with E-state index in [9.17, 15) is 9.50 Å². The third-order valence-corrected chi connectivity index (χ3v) is 3.76. The monoisotopic (exact) mass is 340 g/mol. The first-order valence-corrected chi connectivity index (χ1v) is 6.72. The maximum atomic E-state index is 13.8. The minimum absolute atomic E-state index is 0.197. The molecule has 106 valence electrons. The van der Waals surface area contributed by atoms with Crippen molar-refractivity contribution in [3.63, 3.8) is 0 Å². The summed E-state index contributed by atoms with van der Waals surface area (Å²) in [5.74, 6) is 0.528. The summed E-state index contributed by atoms with van der Waals surface area (Å²) in [6.45, 7) is 0. The van der Waals surface area contributed by atoms with Crippen LogP contribution < -0.4 is 9.47 Å². The first-order chi connectivity index (χ1) is 9.60. The van der Waals surface area contributed by atoms with Crippen molar-refractivity contribution in [2.24, 2.45) is 0 Å². The molecular formula is C15H14BrFO3. The summed E-state index contributed by atoms with van der Waals surface area (Å²) in [5.41, 5.74) is 0.660. The van der Waals surface area contributed by atoms with Gasteiger partial charge in [-0.25, -0.2) is 4.39 Å². The van der Waals surface area contributed by atoms with E-state index in [2.05, 4.69) is 15.9 Å². The molecule has 0 aliphatic carbocycles. The van der Waals surface area contributed by atoms with Gasteiger partial charge in [-0.1, -0.05) is 18.2 Å². The van der Waals surface area contributed by atoms with Crippen molar-refractivity contribution in [1.82, 2.24) is 0 Å². The van der Waals surface area contributed by atoms with Gasteiger partial charge in [0.05, 0.1) is 14.2 Å². The average molecular weight is 341 g/mol. The van der Waals surface area contributed by atoms with Crippen LogP contribution in [0.15, 0.2) is 40.9 Å². The Bertz CT molecular complexity index is 616. The molecule has 2 rings (SSSR count). The molecule has 5 heteroatoms. The van der Waals surface area contributed by atoms with Gasteiger partial charge in [0.25, 0.3) is 0 Å². The predicted octanol–water partition coefficient (Wildman–Crippen LogP) is 3.69. The lowest BCUT2D eigenvalue weighted by atomic mass is 10.00. The topological polar surface area (TPSA) is 38.7 Å². The van der Waals surface area contributed by atoms with E-state index < -0.39 is 11.9 Å². The molecule has 1 N–H and O–H groups in total. The molecule has 0 radical (unpaired) electrons. The largest absolute Gasteiger partial charge is 0.495 e. The summed E-state index contributed by atoms with van der Waals surface area (Å²) in [7, 11) is 3.02. The van der Waals surface area contributed by atoms with Crippen molar-refractivity contribution in [3.05, 3.63) is 57.8 Å². The van der Waals surface area contributed by atoms with Gasteiger partial charge in [0.15, 0.2) is 0 Å². The van der Waals surface area contributed by atoms with Gasteiger partial charge in [-0.2, -0.15) is 0 Å². The van der Waals surface area contributed by atoms with Crippen molar-refractivity contribution in [1.29, 1.82) is 0 Å². The van der Waals surface area contributed by atoms with E-state index in [1.54, 1.807) is 24.3 Å². The molecular weight excluding hydrogens is 327 g/mol. The highest BCUT2D eigenvalue weighted by molar-refractivity contribution is 9.10. The lowest BCUT2D eigenvalue weighted by Gasteiger charge is -2.18. The molecule has 0 bridgehead atoms. The highest BCUT2D eigenvalue weighted by Crippen LogP contribution is 2.41. The van der Waals surface area contributed by atoms with Crippen LogP contribution in [0.25, 0.3) is 0 Å². The summed E-state index contributed by atoms with van der Waals surface area (Å²) in [6, 6.07) is 9.44. The van der Waals surface area contributed by atoms with Crippen LogP contribution >= 0.6 is 15.9 Å². The number of hydrogen-bond donors (Lipinski definition) is 1. The van der Waals surface area contributed by atoms with Crippen molar-refractivity contribution in [3.8, 4) is 11.5 Å². The molecule has 3 nitrogen and oxygen atoms in total. The number of methoxy groups -OCH3 is 2. The molecule has 0 saturated heterocycles. The zero-order valence-electron chi connectivity index (χ0n) is 11.1. The zero-order valence-corrected chi connectivity index (χ0v) is 12.6. The maximum absolute atomic E-state index is 13.8. The summed E-state index contributed by atoms with van der Waals surface area (Å²) >= 11 is 3.36. The molecule has 0 heterocycles. The molecule has 2 aromatic carbocycles. The fourth-order valence-electron chi connectivity index (χ4n) is 2.00. The van der Waals surface area contributed by atoms with Crippen LogP contribution in [0.5, 0.6) is 11.5 Å². The minimum atomic E-state index is -1.12. The second kappa shape index (κ2) is 6.24. The number of ether oxygens (including phenoxy) is 2. The molecule has 1 unspecified atom stereocenters. The lowest BCUT2D eigenvalue weighted by molar-refractivity contribution is 0.209. The zero-order chi connectivity index (χ0) is 14.7. The standard InChI is InChI=1S/C15H14BrFO3/c1-19-12-8-7-10(15(20-2)13(12)16)14(18)9-5-3-4-6-11(9)17/h3-8,14,18H,1-2H3. The van der Waals surface area contributed by atoms with Gasteiger partial charge in [-0.05, 0) is 34.1 Å². The number of rotatable bonds is 4. The number of aliphatic hydroxyl groups is 1. The van der Waals surface area contributed by atoms with Gasteiger partial charge < -0.3 is 14.6 Å². The van der Waals surface area contributed by atoms with Gasteiger partial charge in [0.1, 0.15) is 27.9 Å². The van der Waals surface area contributed by atoms with E-state index in [0.29, 0.717) is 21.5 Å². The van der Waals surface area contributed by atoms with Crippen molar-refractivity contribution in [2.45, 2.75) is 6.10 Å². The summed E-state index contributed by atoms with van der Waals surface area (Å²) in [5, 5.41) is 10.4. The minimum Gasteiger partial charge on any atom is -0.495 e. The quantitative estimate of drug-likeness (QED) is 0.922. The Morgan fingerprint density at radius 1 is 1.05 bits per heavy atom. The smallest absolute Gasteiger partial charge is 0.142 e. The van der Waals surface area contributed by atoms with Crippen LogP contribution in [0.4, 0.5) is 4.39 Å². The van der Waals surface area contributed by atoms with Crippen LogP contribution in [0.1, 0.15) is 17.2 Å². The third kappa shape index (κ3) is 2.64. The molecule has 1 atom stereocenters. The van der Waals surface area contributed by atoms with Crippen LogP contribution in [0.3, 0.4) is 0 Å². The highest BCUT2D eigenvalue weighted by Gasteiger charge is 2.22. The molecule has 0 aromatic heterocycles. The summed E-state index contributed by atoms with van der Waals surface area (Å²) in [4.78, 5) is 0. The van der Waals surface area contributed by atoms with Crippen molar-refractivity contribution >= 4 is 15.9 Å². The maximum Gasteiger partial charge on any atom is 0.142 e. The predicted molar refractivity (Wildman–Crippen MR) is 77.7 cm³/mol. The van der Waals surface area contributed by atoms with E-state index in [1.165, 1.54) is 26.4 Å². The van der Waals surface area contributed by atoms with Crippen LogP contribution in [0, 0.1) is 5.82 Å². The fourth-order valence-corrected chi connectivity index (χ4v) is 2.68.